The van der Waals surface area contributed by atoms with E-state index in [0.29, 0.717) is 11.4 Å². The van der Waals surface area contributed by atoms with Crippen molar-refractivity contribution in [1.29, 1.82) is 0 Å². The molecule has 1 atom stereocenters. The van der Waals surface area contributed by atoms with Crippen LogP contribution in [-0.2, 0) is 7.05 Å². The zero-order valence-electron chi connectivity index (χ0n) is 15.9. The fourth-order valence-corrected chi connectivity index (χ4v) is 3.30. The van der Waals surface area contributed by atoms with E-state index in [2.05, 4.69) is 15.6 Å². The molecule has 0 radical (unpaired) electrons. The van der Waals surface area contributed by atoms with Crippen molar-refractivity contribution in [2.24, 2.45) is 7.05 Å². The van der Waals surface area contributed by atoms with E-state index >= 15 is 0 Å². The molecular formula is C21H23FN4O. The fourth-order valence-electron chi connectivity index (χ4n) is 3.30. The number of imidazole rings is 1. The Morgan fingerprint density at radius 1 is 1.15 bits per heavy atom. The number of nitrogens with one attached hydrogen (secondary N) is 2. The minimum Gasteiger partial charge on any atom is -0.336 e. The molecule has 2 aromatic carbocycles. The number of hydrogen-bond acceptors (Lipinski definition) is 2. The molecule has 6 heteroatoms. The van der Waals surface area contributed by atoms with Crippen molar-refractivity contribution in [3.05, 3.63) is 82.7 Å². The molecule has 3 rings (SSSR count). The number of benzene rings is 2. The predicted molar refractivity (Wildman–Crippen MR) is 104 cm³/mol. The van der Waals surface area contributed by atoms with Crippen LogP contribution in [0.2, 0.25) is 0 Å². The standard InChI is InChI=1S/C21H23FN4O/c1-13-11-14(2)18(15(3)12-13)24-21(27)25-19(20-23-9-10-26(20)4)16-7-5-6-8-17(16)22/h5-12,19H,1-4H3,(H2,24,25,27)/t19-/m1/s1. The summed E-state index contributed by atoms with van der Waals surface area (Å²) < 4.78 is 16.2. The molecular weight excluding hydrogens is 343 g/mol. The van der Waals surface area contributed by atoms with Gasteiger partial charge in [0, 0.05) is 30.7 Å². The van der Waals surface area contributed by atoms with Gasteiger partial charge < -0.3 is 15.2 Å². The molecule has 0 aliphatic carbocycles. The molecule has 1 aromatic heterocycles. The molecule has 1 heterocycles. The Morgan fingerprint density at radius 2 is 1.81 bits per heavy atom. The van der Waals surface area contributed by atoms with E-state index in [-0.39, 0.29) is 0 Å². The quantitative estimate of drug-likeness (QED) is 0.719. The van der Waals surface area contributed by atoms with E-state index in [1.807, 2.05) is 40.0 Å². The maximum atomic E-state index is 14.4. The molecule has 0 fully saturated rings. The van der Waals surface area contributed by atoms with Crippen LogP contribution in [0, 0.1) is 26.6 Å². The van der Waals surface area contributed by atoms with Gasteiger partial charge in [-0.2, -0.15) is 0 Å². The molecule has 3 aromatic rings. The van der Waals surface area contributed by atoms with E-state index in [1.54, 1.807) is 35.2 Å². The van der Waals surface area contributed by atoms with Crippen LogP contribution in [0.4, 0.5) is 14.9 Å². The SMILES string of the molecule is Cc1cc(C)c(NC(=O)N[C@H](c2ccccc2F)c2nccn2C)c(C)c1. The highest BCUT2D eigenvalue weighted by Crippen LogP contribution is 2.25. The molecule has 27 heavy (non-hydrogen) atoms. The highest BCUT2D eigenvalue weighted by Gasteiger charge is 2.24. The van der Waals surface area contributed by atoms with E-state index in [4.69, 9.17) is 0 Å². The summed E-state index contributed by atoms with van der Waals surface area (Å²) in [7, 11) is 1.81. The number of anilines is 1. The summed E-state index contributed by atoms with van der Waals surface area (Å²) >= 11 is 0. The Morgan fingerprint density at radius 3 is 2.41 bits per heavy atom. The number of rotatable bonds is 4. The van der Waals surface area contributed by atoms with Crippen molar-refractivity contribution in [3.63, 3.8) is 0 Å². The van der Waals surface area contributed by atoms with Crippen LogP contribution >= 0.6 is 0 Å². The molecule has 2 amide bonds. The lowest BCUT2D eigenvalue weighted by Gasteiger charge is -2.21. The van der Waals surface area contributed by atoms with Gasteiger partial charge in [-0.25, -0.2) is 14.2 Å². The molecule has 0 saturated carbocycles. The van der Waals surface area contributed by atoms with Crippen LogP contribution in [-0.4, -0.2) is 15.6 Å². The summed E-state index contributed by atoms with van der Waals surface area (Å²) in [4.78, 5) is 17.0. The minimum atomic E-state index is -0.711. The molecule has 0 saturated heterocycles. The van der Waals surface area contributed by atoms with Crippen LogP contribution in [0.3, 0.4) is 0 Å². The summed E-state index contributed by atoms with van der Waals surface area (Å²) in [5.41, 5.74) is 4.20. The van der Waals surface area contributed by atoms with Crippen molar-refractivity contribution in [1.82, 2.24) is 14.9 Å². The van der Waals surface area contributed by atoms with Gasteiger partial charge in [-0.05, 0) is 38.0 Å². The third-order valence-corrected chi connectivity index (χ3v) is 4.52. The summed E-state index contributed by atoms with van der Waals surface area (Å²) in [6.07, 6.45) is 3.38. The number of aryl methyl sites for hydroxylation is 4. The van der Waals surface area contributed by atoms with Crippen molar-refractivity contribution < 1.29 is 9.18 Å². The van der Waals surface area contributed by atoms with Gasteiger partial charge in [0.15, 0.2) is 0 Å². The highest BCUT2D eigenvalue weighted by atomic mass is 19.1. The van der Waals surface area contributed by atoms with Gasteiger partial charge in [-0.3, -0.25) is 0 Å². The van der Waals surface area contributed by atoms with Crippen LogP contribution < -0.4 is 10.6 Å². The van der Waals surface area contributed by atoms with Gasteiger partial charge >= 0.3 is 6.03 Å². The summed E-state index contributed by atoms with van der Waals surface area (Å²) in [6, 6.07) is 9.27. The first-order valence-electron chi connectivity index (χ1n) is 8.74. The Labute approximate surface area is 158 Å². The second-order valence-electron chi connectivity index (χ2n) is 6.72. The Balaban J connectivity index is 1.90. The Bertz CT molecular complexity index is 957. The molecule has 0 aliphatic rings. The first kappa shape index (κ1) is 18.6. The number of halogens is 1. The largest absolute Gasteiger partial charge is 0.336 e. The Hall–Kier alpha value is -3.15. The number of amides is 2. The van der Waals surface area contributed by atoms with Gasteiger partial charge in [0.05, 0.1) is 0 Å². The third-order valence-electron chi connectivity index (χ3n) is 4.52. The predicted octanol–water partition coefficient (Wildman–Crippen LogP) is 4.40. The lowest BCUT2D eigenvalue weighted by Crippen LogP contribution is -2.35. The van der Waals surface area contributed by atoms with Crippen LogP contribution in [0.15, 0.2) is 48.8 Å². The van der Waals surface area contributed by atoms with E-state index in [1.165, 1.54) is 6.07 Å². The molecule has 0 unspecified atom stereocenters. The second kappa shape index (κ2) is 7.61. The lowest BCUT2D eigenvalue weighted by atomic mass is 10.0. The van der Waals surface area contributed by atoms with Gasteiger partial charge in [0.2, 0.25) is 0 Å². The highest BCUT2D eigenvalue weighted by molar-refractivity contribution is 5.91. The summed E-state index contributed by atoms with van der Waals surface area (Å²) in [5.74, 6) is 0.154. The average Bonchev–Trinajstić information content (AvgIpc) is 3.02. The number of aromatic nitrogens is 2. The molecule has 0 spiro atoms. The molecule has 0 aliphatic heterocycles. The summed E-state index contributed by atoms with van der Waals surface area (Å²) in [6.45, 7) is 5.91. The average molecular weight is 366 g/mol. The number of carbonyl (C=O) groups excluding carboxylic acids is 1. The van der Waals surface area contributed by atoms with E-state index in [0.717, 1.165) is 22.4 Å². The van der Waals surface area contributed by atoms with E-state index < -0.39 is 17.9 Å². The number of hydrogen-bond donors (Lipinski definition) is 2. The zero-order valence-corrected chi connectivity index (χ0v) is 15.9. The topological polar surface area (TPSA) is 59.0 Å². The lowest BCUT2D eigenvalue weighted by molar-refractivity contribution is 0.249. The summed E-state index contributed by atoms with van der Waals surface area (Å²) in [5, 5.41) is 5.76. The zero-order chi connectivity index (χ0) is 19.6. The van der Waals surface area contributed by atoms with Crippen molar-refractivity contribution in [2.45, 2.75) is 26.8 Å². The molecule has 2 N–H and O–H groups in total. The van der Waals surface area contributed by atoms with Crippen LogP contribution in [0.25, 0.3) is 0 Å². The van der Waals surface area contributed by atoms with Crippen molar-refractivity contribution in [2.75, 3.05) is 5.32 Å². The smallest absolute Gasteiger partial charge is 0.320 e. The van der Waals surface area contributed by atoms with Gasteiger partial charge in [0.1, 0.15) is 17.7 Å². The van der Waals surface area contributed by atoms with Crippen molar-refractivity contribution >= 4 is 11.7 Å². The number of carbonyl (C=O) groups is 1. The monoisotopic (exact) mass is 366 g/mol. The number of urea groups is 1. The van der Waals surface area contributed by atoms with Crippen LogP contribution in [0.5, 0.6) is 0 Å². The molecule has 0 bridgehead atoms. The Kier molecular flexibility index (Phi) is 5.26. The third kappa shape index (κ3) is 4.00. The first-order valence-corrected chi connectivity index (χ1v) is 8.74. The van der Waals surface area contributed by atoms with E-state index in [9.17, 15) is 9.18 Å². The second-order valence-corrected chi connectivity index (χ2v) is 6.72. The van der Waals surface area contributed by atoms with Crippen molar-refractivity contribution in [3.8, 4) is 0 Å². The maximum absolute atomic E-state index is 14.4. The van der Waals surface area contributed by atoms with Gasteiger partial charge in [-0.1, -0.05) is 35.9 Å². The first-order chi connectivity index (χ1) is 12.9. The minimum absolute atomic E-state index is 0.360. The normalized spacial score (nSPS) is 11.9. The molecule has 5 nitrogen and oxygen atoms in total. The van der Waals surface area contributed by atoms with Gasteiger partial charge in [0.25, 0.3) is 0 Å². The maximum Gasteiger partial charge on any atom is 0.320 e. The van der Waals surface area contributed by atoms with Crippen LogP contribution in [0.1, 0.15) is 34.1 Å². The molecule has 140 valence electrons. The number of nitrogens with zero attached hydrogens (tertiary/aromatic N) is 2. The van der Waals surface area contributed by atoms with Gasteiger partial charge in [-0.15, -0.1) is 0 Å². The fraction of sp³-hybridized carbons (Fsp3) is 0.238.